The molecule has 3 nitrogen and oxygen atoms in total. The van der Waals surface area contributed by atoms with Crippen molar-refractivity contribution in [3.63, 3.8) is 0 Å². The van der Waals surface area contributed by atoms with Crippen molar-refractivity contribution in [1.29, 1.82) is 0 Å². The van der Waals surface area contributed by atoms with E-state index in [0.29, 0.717) is 13.2 Å². The molecular weight excluding hydrogens is 398 g/mol. The largest absolute Gasteiger partial charge is 0.486 e. The van der Waals surface area contributed by atoms with E-state index >= 15 is 0 Å². The Hall–Kier alpha value is -1.04. The number of hydrogen-bond donors (Lipinski definition) is 1. The summed E-state index contributed by atoms with van der Waals surface area (Å²) in [5.41, 5.74) is 2.30. The topological polar surface area (TPSA) is 30.5 Å². The average molecular weight is 413 g/mol. The van der Waals surface area contributed by atoms with Crippen molar-refractivity contribution in [2.45, 2.75) is 6.04 Å². The van der Waals surface area contributed by atoms with E-state index < -0.39 is 0 Å². The number of fused-ring (bicyclic) bond motifs is 1. The Balaban J connectivity index is 2.07. The average Bonchev–Trinajstić information content (AvgIpc) is 2.50. The van der Waals surface area contributed by atoms with E-state index in [1.165, 1.54) is 5.56 Å². The molecule has 0 fully saturated rings. The van der Waals surface area contributed by atoms with Gasteiger partial charge in [0.25, 0.3) is 0 Å². The van der Waals surface area contributed by atoms with Gasteiger partial charge >= 0.3 is 0 Å². The van der Waals surface area contributed by atoms with Gasteiger partial charge in [-0.2, -0.15) is 0 Å². The molecule has 0 amide bonds. The van der Waals surface area contributed by atoms with E-state index in [4.69, 9.17) is 9.47 Å². The van der Waals surface area contributed by atoms with Crippen LogP contribution in [0.2, 0.25) is 0 Å². The molecule has 0 radical (unpaired) electrons. The van der Waals surface area contributed by atoms with Crippen LogP contribution in [0.5, 0.6) is 11.5 Å². The molecule has 1 unspecified atom stereocenters. The van der Waals surface area contributed by atoms with Crippen LogP contribution < -0.4 is 14.8 Å². The third-order valence-electron chi connectivity index (χ3n) is 3.48. The van der Waals surface area contributed by atoms with Crippen LogP contribution in [0.25, 0.3) is 0 Å². The highest BCUT2D eigenvalue weighted by atomic mass is 79.9. The first kappa shape index (κ1) is 14.9. The smallest absolute Gasteiger partial charge is 0.162 e. The molecule has 5 heteroatoms. The molecule has 1 heterocycles. The molecule has 21 heavy (non-hydrogen) atoms. The second-order valence-corrected chi connectivity index (χ2v) is 6.47. The summed E-state index contributed by atoms with van der Waals surface area (Å²) in [4.78, 5) is 0. The Kier molecular flexibility index (Phi) is 4.52. The highest BCUT2D eigenvalue weighted by Gasteiger charge is 2.21. The molecule has 2 aromatic carbocycles. The summed E-state index contributed by atoms with van der Waals surface area (Å²) in [5.74, 6) is 1.59. The van der Waals surface area contributed by atoms with Crippen LogP contribution in [0.3, 0.4) is 0 Å². The van der Waals surface area contributed by atoms with Crippen molar-refractivity contribution in [1.82, 2.24) is 5.32 Å². The van der Waals surface area contributed by atoms with Crippen molar-refractivity contribution in [2.24, 2.45) is 0 Å². The van der Waals surface area contributed by atoms with Crippen LogP contribution in [0.1, 0.15) is 17.2 Å². The Morgan fingerprint density at radius 3 is 2.29 bits per heavy atom. The summed E-state index contributed by atoms with van der Waals surface area (Å²) >= 11 is 7.27. The lowest BCUT2D eigenvalue weighted by atomic mass is 9.98. The zero-order valence-electron chi connectivity index (χ0n) is 11.5. The fourth-order valence-electron chi connectivity index (χ4n) is 2.49. The SMILES string of the molecule is CNC(c1ccccc1Br)c1cc2c(cc1Br)OCCO2. The van der Waals surface area contributed by atoms with E-state index in [9.17, 15) is 0 Å². The highest BCUT2D eigenvalue weighted by Crippen LogP contribution is 2.40. The van der Waals surface area contributed by atoms with Crippen molar-refractivity contribution in [3.8, 4) is 11.5 Å². The van der Waals surface area contributed by atoms with Crippen LogP contribution in [-0.2, 0) is 0 Å². The van der Waals surface area contributed by atoms with E-state index in [1.54, 1.807) is 0 Å². The third-order valence-corrected chi connectivity index (χ3v) is 4.89. The summed E-state index contributed by atoms with van der Waals surface area (Å²) in [6.45, 7) is 1.19. The van der Waals surface area contributed by atoms with Crippen molar-refractivity contribution in [2.75, 3.05) is 20.3 Å². The highest BCUT2D eigenvalue weighted by molar-refractivity contribution is 9.10. The Bertz CT molecular complexity index is 661. The standard InChI is InChI=1S/C16H15Br2NO2/c1-19-16(10-4-2-3-5-12(10)17)11-8-14-15(9-13(11)18)21-7-6-20-14/h2-5,8-9,16,19H,6-7H2,1H3. The van der Waals surface area contributed by atoms with E-state index in [0.717, 1.165) is 26.0 Å². The summed E-state index contributed by atoms with van der Waals surface area (Å²) < 4.78 is 13.4. The van der Waals surface area contributed by atoms with Crippen LogP contribution in [0, 0.1) is 0 Å². The van der Waals surface area contributed by atoms with Crippen molar-refractivity contribution in [3.05, 3.63) is 56.5 Å². The molecule has 3 rings (SSSR count). The molecule has 1 aliphatic heterocycles. The van der Waals surface area contributed by atoms with E-state index in [1.807, 2.05) is 37.4 Å². The zero-order valence-corrected chi connectivity index (χ0v) is 14.7. The fraction of sp³-hybridized carbons (Fsp3) is 0.250. The molecule has 1 atom stereocenters. The van der Waals surface area contributed by atoms with Gasteiger partial charge in [-0.3, -0.25) is 0 Å². The maximum atomic E-state index is 5.69. The van der Waals surface area contributed by atoms with Gasteiger partial charge in [0.05, 0.1) is 6.04 Å². The number of ether oxygens (including phenoxy) is 2. The van der Waals surface area contributed by atoms with Crippen LogP contribution in [0.4, 0.5) is 0 Å². The summed E-state index contributed by atoms with van der Waals surface area (Å²) in [6, 6.07) is 12.3. The summed E-state index contributed by atoms with van der Waals surface area (Å²) in [7, 11) is 1.95. The molecule has 0 spiro atoms. The van der Waals surface area contributed by atoms with Gasteiger partial charge in [0, 0.05) is 8.95 Å². The molecule has 1 aliphatic rings. The maximum Gasteiger partial charge on any atom is 0.162 e. The van der Waals surface area contributed by atoms with E-state index in [2.05, 4.69) is 43.2 Å². The number of hydrogen-bond acceptors (Lipinski definition) is 3. The number of nitrogens with one attached hydrogen (secondary N) is 1. The molecule has 0 saturated carbocycles. The second-order valence-electron chi connectivity index (χ2n) is 4.76. The summed E-state index contributed by atoms with van der Waals surface area (Å²) in [5, 5.41) is 3.37. The van der Waals surface area contributed by atoms with Gasteiger partial charge < -0.3 is 14.8 Å². The molecule has 1 N–H and O–H groups in total. The van der Waals surface area contributed by atoms with Gasteiger partial charge in [-0.25, -0.2) is 0 Å². The van der Waals surface area contributed by atoms with Gasteiger partial charge in [0.15, 0.2) is 11.5 Å². The van der Waals surface area contributed by atoms with Gasteiger partial charge in [-0.05, 0) is 36.4 Å². The molecule has 0 bridgehead atoms. The van der Waals surface area contributed by atoms with Crippen molar-refractivity contribution < 1.29 is 9.47 Å². The number of rotatable bonds is 3. The van der Waals surface area contributed by atoms with Crippen LogP contribution >= 0.6 is 31.9 Å². The second kappa shape index (κ2) is 6.38. The predicted octanol–water partition coefficient (Wildman–Crippen LogP) is 4.29. The van der Waals surface area contributed by atoms with Gasteiger partial charge in [0.2, 0.25) is 0 Å². The number of benzene rings is 2. The van der Waals surface area contributed by atoms with Gasteiger partial charge in [-0.1, -0.05) is 50.1 Å². The molecule has 2 aromatic rings. The quantitative estimate of drug-likeness (QED) is 0.815. The molecule has 0 saturated heterocycles. The molecule has 0 aromatic heterocycles. The monoisotopic (exact) mass is 411 g/mol. The lowest BCUT2D eigenvalue weighted by Gasteiger charge is -2.24. The van der Waals surface area contributed by atoms with Crippen LogP contribution in [-0.4, -0.2) is 20.3 Å². The Morgan fingerprint density at radius 1 is 0.952 bits per heavy atom. The normalized spacial score (nSPS) is 14.8. The van der Waals surface area contributed by atoms with E-state index in [-0.39, 0.29) is 6.04 Å². The lowest BCUT2D eigenvalue weighted by Crippen LogP contribution is -2.20. The lowest BCUT2D eigenvalue weighted by molar-refractivity contribution is 0.171. The van der Waals surface area contributed by atoms with Crippen LogP contribution in [0.15, 0.2) is 45.3 Å². The molecular formula is C16H15Br2NO2. The minimum absolute atomic E-state index is 0.0609. The first-order valence-electron chi connectivity index (χ1n) is 6.71. The van der Waals surface area contributed by atoms with Gasteiger partial charge in [-0.15, -0.1) is 0 Å². The zero-order chi connectivity index (χ0) is 14.8. The minimum Gasteiger partial charge on any atom is -0.486 e. The third kappa shape index (κ3) is 2.96. The first-order chi connectivity index (χ1) is 10.2. The van der Waals surface area contributed by atoms with Crippen molar-refractivity contribution >= 4 is 31.9 Å². The number of halogens is 2. The van der Waals surface area contributed by atoms with Gasteiger partial charge in [0.1, 0.15) is 13.2 Å². The summed E-state index contributed by atoms with van der Waals surface area (Å²) in [6.07, 6.45) is 0. The minimum atomic E-state index is 0.0609. The fourth-order valence-corrected chi connectivity index (χ4v) is 3.55. The predicted molar refractivity (Wildman–Crippen MR) is 90.2 cm³/mol. The Labute approximate surface area is 140 Å². The maximum absolute atomic E-state index is 5.69. The molecule has 110 valence electrons. The molecule has 0 aliphatic carbocycles. The first-order valence-corrected chi connectivity index (χ1v) is 8.30. The Morgan fingerprint density at radius 2 is 1.62 bits per heavy atom.